The minimum absolute atomic E-state index is 0.0501. The van der Waals surface area contributed by atoms with E-state index in [1.54, 1.807) is 6.92 Å². The summed E-state index contributed by atoms with van der Waals surface area (Å²) in [6.07, 6.45) is 0. The Kier molecular flexibility index (Phi) is 5.09. The summed E-state index contributed by atoms with van der Waals surface area (Å²) in [5.41, 5.74) is 0.0501. The lowest BCUT2D eigenvalue weighted by atomic mass is 10.1. The van der Waals surface area contributed by atoms with E-state index in [0.717, 1.165) is 0 Å². The van der Waals surface area contributed by atoms with Gasteiger partial charge in [-0.2, -0.15) is 8.78 Å². The number of esters is 1. The van der Waals surface area contributed by atoms with Crippen LogP contribution in [0.5, 0.6) is 0 Å². The van der Waals surface area contributed by atoms with Crippen molar-refractivity contribution in [2.24, 2.45) is 0 Å². The summed E-state index contributed by atoms with van der Waals surface area (Å²) in [5, 5.41) is 0. The molecule has 0 aliphatic rings. The summed E-state index contributed by atoms with van der Waals surface area (Å²) >= 11 is 0.317. The van der Waals surface area contributed by atoms with Gasteiger partial charge in [-0.3, -0.25) is 4.79 Å². The summed E-state index contributed by atoms with van der Waals surface area (Å²) < 4.78 is 28.8. The van der Waals surface area contributed by atoms with Crippen molar-refractivity contribution in [2.45, 2.75) is 17.6 Å². The Morgan fingerprint density at radius 2 is 2.12 bits per heavy atom. The number of benzene rings is 1. The average molecular weight is 260 g/mol. The molecule has 0 saturated carbocycles. The highest BCUT2D eigenvalue weighted by molar-refractivity contribution is 7.99. The van der Waals surface area contributed by atoms with Gasteiger partial charge in [0.2, 0.25) is 0 Å². The highest BCUT2D eigenvalue weighted by atomic mass is 32.2. The minimum atomic E-state index is -2.57. The minimum Gasteiger partial charge on any atom is -0.460 e. The van der Waals surface area contributed by atoms with Crippen LogP contribution in [0.4, 0.5) is 8.78 Å². The number of carbonyl (C=O) groups excluding carboxylic acids is 2. The SMILES string of the molecule is CCOC(=O)C(=O)c1cccc(SC(F)F)c1. The number of thioether (sulfide) groups is 1. The molecule has 92 valence electrons. The molecule has 0 amide bonds. The predicted molar refractivity (Wildman–Crippen MR) is 59.3 cm³/mol. The second-order valence-corrected chi connectivity index (χ2v) is 4.02. The summed E-state index contributed by atoms with van der Waals surface area (Å²) in [6, 6.07) is 5.51. The highest BCUT2D eigenvalue weighted by Gasteiger charge is 2.18. The fourth-order valence-electron chi connectivity index (χ4n) is 1.13. The van der Waals surface area contributed by atoms with Crippen LogP contribution in [-0.2, 0) is 9.53 Å². The number of hydrogen-bond donors (Lipinski definition) is 0. The van der Waals surface area contributed by atoms with Crippen LogP contribution in [0.15, 0.2) is 29.2 Å². The Bertz CT molecular complexity index is 421. The first-order chi connectivity index (χ1) is 8.04. The highest BCUT2D eigenvalue weighted by Crippen LogP contribution is 2.25. The Morgan fingerprint density at radius 3 is 2.71 bits per heavy atom. The number of hydrogen-bond acceptors (Lipinski definition) is 4. The van der Waals surface area contributed by atoms with Crippen LogP contribution in [-0.4, -0.2) is 24.1 Å². The van der Waals surface area contributed by atoms with Crippen molar-refractivity contribution >= 4 is 23.5 Å². The molecule has 0 spiro atoms. The fraction of sp³-hybridized carbons (Fsp3) is 0.273. The number of carbonyl (C=O) groups is 2. The second-order valence-electron chi connectivity index (χ2n) is 2.96. The number of halogens is 2. The zero-order valence-corrected chi connectivity index (χ0v) is 9.80. The third-order valence-corrected chi connectivity index (χ3v) is 2.49. The van der Waals surface area contributed by atoms with Gasteiger partial charge in [-0.25, -0.2) is 4.79 Å². The molecule has 0 aromatic heterocycles. The van der Waals surface area contributed by atoms with E-state index in [9.17, 15) is 18.4 Å². The zero-order chi connectivity index (χ0) is 12.8. The molecular formula is C11H10F2O3S. The first-order valence-electron chi connectivity index (χ1n) is 4.81. The van der Waals surface area contributed by atoms with Gasteiger partial charge in [-0.05, 0) is 19.1 Å². The summed E-state index contributed by atoms with van der Waals surface area (Å²) in [7, 11) is 0. The number of ether oxygens (including phenoxy) is 1. The largest absolute Gasteiger partial charge is 0.460 e. The Labute approximate surface area is 101 Å². The first kappa shape index (κ1) is 13.6. The molecule has 0 aliphatic heterocycles. The van der Waals surface area contributed by atoms with Gasteiger partial charge >= 0.3 is 5.97 Å². The molecule has 3 nitrogen and oxygen atoms in total. The zero-order valence-electron chi connectivity index (χ0n) is 8.98. The predicted octanol–water partition coefficient (Wildman–Crippen LogP) is 2.75. The van der Waals surface area contributed by atoms with Gasteiger partial charge in [0.25, 0.3) is 11.5 Å². The summed E-state index contributed by atoms with van der Waals surface area (Å²) in [4.78, 5) is 22.9. The Morgan fingerprint density at radius 1 is 1.41 bits per heavy atom. The van der Waals surface area contributed by atoms with E-state index in [4.69, 9.17) is 0 Å². The van der Waals surface area contributed by atoms with Crippen LogP contribution < -0.4 is 0 Å². The Hall–Kier alpha value is -1.43. The van der Waals surface area contributed by atoms with Crippen molar-refractivity contribution in [3.05, 3.63) is 29.8 Å². The van der Waals surface area contributed by atoms with Crippen molar-refractivity contribution in [3.8, 4) is 0 Å². The fourth-order valence-corrected chi connectivity index (χ4v) is 1.69. The average Bonchev–Trinajstić information content (AvgIpc) is 2.28. The van der Waals surface area contributed by atoms with Crippen molar-refractivity contribution in [2.75, 3.05) is 6.61 Å². The standard InChI is InChI=1S/C11H10F2O3S/c1-2-16-10(15)9(14)7-4-3-5-8(6-7)17-11(12)13/h3-6,11H,2H2,1H3. The van der Waals surface area contributed by atoms with Crippen molar-refractivity contribution in [3.63, 3.8) is 0 Å². The van der Waals surface area contributed by atoms with Gasteiger partial charge in [0.15, 0.2) is 0 Å². The van der Waals surface area contributed by atoms with E-state index in [2.05, 4.69) is 4.74 Å². The molecule has 0 unspecified atom stereocenters. The molecule has 6 heteroatoms. The van der Waals surface area contributed by atoms with Crippen LogP contribution in [0.3, 0.4) is 0 Å². The van der Waals surface area contributed by atoms with Crippen LogP contribution in [0, 0.1) is 0 Å². The van der Waals surface area contributed by atoms with Gasteiger partial charge in [-0.1, -0.05) is 23.9 Å². The van der Waals surface area contributed by atoms with Crippen molar-refractivity contribution in [1.82, 2.24) is 0 Å². The molecule has 1 rings (SSSR count). The van der Waals surface area contributed by atoms with Gasteiger partial charge in [0.05, 0.1) is 6.61 Å². The smallest absolute Gasteiger partial charge is 0.379 e. The van der Waals surface area contributed by atoms with E-state index in [-0.39, 0.29) is 17.1 Å². The van der Waals surface area contributed by atoms with Gasteiger partial charge in [0.1, 0.15) is 0 Å². The number of Topliss-reactive ketones (excluding diaryl/α,β-unsaturated/α-hetero) is 1. The molecule has 1 aromatic rings. The van der Waals surface area contributed by atoms with Gasteiger partial charge < -0.3 is 4.74 Å². The lowest BCUT2D eigenvalue weighted by Crippen LogP contribution is -2.17. The molecular weight excluding hydrogens is 250 g/mol. The maximum absolute atomic E-state index is 12.1. The van der Waals surface area contributed by atoms with Crippen LogP contribution in [0.2, 0.25) is 0 Å². The van der Waals surface area contributed by atoms with E-state index in [0.29, 0.717) is 11.8 Å². The molecule has 17 heavy (non-hydrogen) atoms. The first-order valence-corrected chi connectivity index (χ1v) is 5.69. The monoisotopic (exact) mass is 260 g/mol. The number of ketones is 1. The van der Waals surface area contributed by atoms with E-state index >= 15 is 0 Å². The van der Waals surface area contributed by atoms with Crippen LogP contribution >= 0.6 is 11.8 Å². The van der Waals surface area contributed by atoms with E-state index in [1.807, 2.05) is 0 Å². The lowest BCUT2D eigenvalue weighted by molar-refractivity contribution is -0.137. The van der Waals surface area contributed by atoms with Crippen LogP contribution in [0.1, 0.15) is 17.3 Å². The van der Waals surface area contributed by atoms with E-state index < -0.39 is 17.5 Å². The van der Waals surface area contributed by atoms with Crippen molar-refractivity contribution in [1.29, 1.82) is 0 Å². The molecule has 0 saturated heterocycles. The van der Waals surface area contributed by atoms with Gasteiger partial charge in [0, 0.05) is 10.5 Å². The third kappa shape index (κ3) is 4.14. The topological polar surface area (TPSA) is 43.4 Å². The van der Waals surface area contributed by atoms with Crippen molar-refractivity contribution < 1.29 is 23.1 Å². The maximum atomic E-state index is 12.1. The normalized spacial score (nSPS) is 10.4. The molecule has 0 bridgehead atoms. The number of rotatable bonds is 5. The number of alkyl halides is 2. The lowest BCUT2D eigenvalue weighted by Gasteiger charge is -2.03. The summed E-state index contributed by atoms with van der Waals surface area (Å²) in [5.74, 6) is -4.38. The maximum Gasteiger partial charge on any atom is 0.379 e. The molecule has 0 aliphatic carbocycles. The molecule has 1 aromatic carbocycles. The second kappa shape index (κ2) is 6.34. The van der Waals surface area contributed by atoms with E-state index in [1.165, 1.54) is 24.3 Å². The van der Waals surface area contributed by atoms with Gasteiger partial charge in [-0.15, -0.1) is 0 Å². The molecule has 0 radical (unpaired) electrons. The third-order valence-electron chi connectivity index (χ3n) is 1.78. The summed E-state index contributed by atoms with van der Waals surface area (Å²) in [6.45, 7) is 1.67. The molecule has 0 N–H and O–H groups in total. The molecule has 0 fully saturated rings. The molecule has 0 heterocycles. The Balaban J connectivity index is 2.84. The van der Waals surface area contributed by atoms with Crippen LogP contribution in [0.25, 0.3) is 0 Å². The quantitative estimate of drug-likeness (QED) is 0.353. The molecule has 0 atom stereocenters.